The number of halogens is 1. The Balaban J connectivity index is 0.00000324. The molecule has 0 bridgehead atoms. The molecular formula is C14H23ClN2O2. The average Bonchev–Trinajstić information content (AvgIpc) is 2.38. The Morgan fingerprint density at radius 2 is 2.05 bits per heavy atom. The fourth-order valence-corrected chi connectivity index (χ4v) is 1.88. The highest BCUT2D eigenvalue weighted by Crippen LogP contribution is 2.19. The van der Waals surface area contributed by atoms with Crippen LogP contribution in [0.15, 0.2) is 24.3 Å². The van der Waals surface area contributed by atoms with Crippen molar-refractivity contribution in [3.05, 3.63) is 29.8 Å². The van der Waals surface area contributed by atoms with Gasteiger partial charge < -0.3 is 15.4 Å². The maximum atomic E-state index is 12.0. The van der Waals surface area contributed by atoms with E-state index in [1.54, 1.807) is 19.1 Å². The summed E-state index contributed by atoms with van der Waals surface area (Å²) in [5.41, 5.74) is 6.82. The van der Waals surface area contributed by atoms with Crippen LogP contribution in [0.4, 0.5) is 0 Å². The fourth-order valence-electron chi connectivity index (χ4n) is 1.88. The lowest BCUT2D eigenvalue weighted by Gasteiger charge is -2.22. The number of carbonyl (C=O) groups excluding carboxylic acids is 1. The normalized spacial score (nSPS) is 11.4. The second-order valence-electron chi connectivity index (χ2n) is 4.40. The predicted octanol–water partition coefficient (Wildman–Crippen LogP) is 2.20. The van der Waals surface area contributed by atoms with Crippen molar-refractivity contribution in [2.24, 2.45) is 5.73 Å². The molecule has 0 radical (unpaired) electrons. The van der Waals surface area contributed by atoms with Crippen molar-refractivity contribution in [3.8, 4) is 5.75 Å². The van der Waals surface area contributed by atoms with E-state index in [0.29, 0.717) is 6.54 Å². The third-order valence-electron chi connectivity index (χ3n) is 2.89. The number of para-hydroxylation sites is 1. The lowest BCUT2D eigenvalue weighted by Crippen LogP contribution is -2.41. The molecule has 2 N–H and O–H groups in total. The molecule has 0 spiro atoms. The first-order chi connectivity index (χ1) is 8.60. The molecule has 0 aliphatic heterocycles. The number of carbonyl (C=O) groups is 1. The number of hydrogen-bond acceptors (Lipinski definition) is 3. The third kappa shape index (κ3) is 5.09. The maximum Gasteiger partial charge on any atom is 0.239 e. The van der Waals surface area contributed by atoms with Gasteiger partial charge in [0.15, 0.2) is 0 Å². The summed E-state index contributed by atoms with van der Waals surface area (Å²) >= 11 is 0. The lowest BCUT2D eigenvalue weighted by atomic mass is 10.1. The number of benzene rings is 1. The molecule has 0 saturated heterocycles. The Labute approximate surface area is 121 Å². The SMILES string of the molecule is CCCC(N)C(=O)N(C)Cc1ccccc1OC.Cl. The minimum atomic E-state index is -0.408. The third-order valence-corrected chi connectivity index (χ3v) is 2.89. The van der Waals surface area contributed by atoms with E-state index >= 15 is 0 Å². The molecule has 0 aliphatic carbocycles. The first-order valence-electron chi connectivity index (χ1n) is 6.22. The van der Waals surface area contributed by atoms with Gasteiger partial charge in [-0.25, -0.2) is 0 Å². The molecule has 1 amide bonds. The van der Waals surface area contributed by atoms with E-state index in [-0.39, 0.29) is 18.3 Å². The van der Waals surface area contributed by atoms with Gasteiger partial charge in [0.1, 0.15) is 5.75 Å². The van der Waals surface area contributed by atoms with Gasteiger partial charge >= 0.3 is 0 Å². The molecule has 108 valence electrons. The molecule has 1 unspecified atom stereocenters. The van der Waals surface area contributed by atoms with Crippen molar-refractivity contribution in [2.45, 2.75) is 32.4 Å². The second kappa shape index (κ2) is 8.77. The molecule has 1 aromatic carbocycles. The Morgan fingerprint density at radius 1 is 1.42 bits per heavy atom. The van der Waals surface area contributed by atoms with Crippen molar-refractivity contribution in [1.29, 1.82) is 0 Å². The lowest BCUT2D eigenvalue weighted by molar-refractivity contribution is -0.132. The zero-order valence-electron chi connectivity index (χ0n) is 11.8. The van der Waals surface area contributed by atoms with E-state index in [2.05, 4.69) is 0 Å². The van der Waals surface area contributed by atoms with E-state index < -0.39 is 6.04 Å². The molecule has 5 heteroatoms. The van der Waals surface area contributed by atoms with Crippen LogP contribution in [0.5, 0.6) is 5.75 Å². The van der Waals surface area contributed by atoms with Crippen LogP contribution >= 0.6 is 12.4 Å². The van der Waals surface area contributed by atoms with Crippen LogP contribution in [0.3, 0.4) is 0 Å². The summed E-state index contributed by atoms with van der Waals surface area (Å²) in [6, 6.07) is 7.28. The number of nitrogens with zero attached hydrogens (tertiary/aromatic N) is 1. The van der Waals surface area contributed by atoms with Gasteiger partial charge in [0.2, 0.25) is 5.91 Å². The molecule has 1 rings (SSSR count). The van der Waals surface area contributed by atoms with Crippen molar-refractivity contribution < 1.29 is 9.53 Å². The summed E-state index contributed by atoms with van der Waals surface area (Å²) in [5, 5.41) is 0. The number of methoxy groups -OCH3 is 1. The van der Waals surface area contributed by atoms with Crippen LogP contribution in [0.1, 0.15) is 25.3 Å². The molecule has 0 aliphatic rings. The quantitative estimate of drug-likeness (QED) is 0.872. The minimum Gasteiger partial charge on any atom is -0.496 e. The monoisotopic (exact) mass is 286 g/mol. The van der Waals surface area contributed by atoms with Crippen molar-refractivity contribution in [2.75, 3.05) is 14.2 Å². The smallest absolute Gasteiger partial charge is 0.239 e. The van der Waals surface area contributed by atoms with Crippen molar-refractivity contribution in [1.82, 2.24) is 4.90 Å². The van der Waals surface area contributed by atoms with Crippen molar-refractivity contribution >= 4 is 18.3 Å². The molecular weight excluding hydrogens is 264 g/mol. The Bertz CT molecular complexity index is 399. The van der Waals surface area contributed by atoms with Crippen LogP contribution in [0.2, 0.25) is 0 Å². The molecule has 1 atom stereocenters. The number of amides is 1. The van der Waals surface area contributed by atoms with Crippen LogP contribution in [0.25, 0.3) is 0 Å². The van der Waals surface area contributed by atoms with E-state index in [9.17, 15) is 4.79 Å². The topological polar surface area (TPSA) is 55.6 Å². The van der Waals surface area contributed by atoms with Gasteiger partial charge in [-0.05, 0) is 12.5 Å². The Kier molecular flexibility index (Phi) is 8.19. The summed E-state index contributed by atoms with van der Waals surface area (Å²) < 4.78 is 5.26. The van der Waals surface area contributed by atoms with Gasteiger partial charge in [-0.15, -0.1) is 12.4 Å². The average molecular weight is 287 g/mol. The molecule has 0 aromatic heterocycles. The first-order valence-corrected chi connectivity index (χ1v) is 6.22. The van der Waals surface area contributed by atoms with E-state index in [1.165, 1.54) is 0 Å². The highest BCUT2D eigenvalue weighted by Gasteiger charge is 2.18. The standard InChI is InChI=1S/C14H22N2O2.ClH/c1-4-7-12(15)14(17)16(2)10-11-8-5-6-9-13(11)18-3;/h5-6,8-9,12H,4,7,10,15H2,1-3H3;1H. The number of rotatable bonds is 6. The maximum absolute atomic E-state index is 12.0. The Morgan fingerprint density at radius 3 is 2.63 bits per heavy atom. The number of nitrogens with two attached hydrogens (primary N) is 1. The van der Waals surface area contributed by atoms with Gasteiger partial charge in [0, 0.05) is 19.2 Å². The highest BCUT2D eigenvalue weighted by molar-refractivity contribution is 5.85. The summed E-state index contributed by atoms with van der Waals surface area (Å²) in [6.07, 6.45) is 1.63. The largest absolute Gasteiger partial charge is 0.496 e. The van der Waals surface area contributed by atoms with Gasteiger partial charge in [-0.2, -0.15) is 0 Å². The van der Waals surface area contributed by atoms with Crippen LogP contribution in [-0.4, -0.2) is 31.0 Å². The summed E-state index contributed by atoms with van der Waals surface area (Å²) in [4.78, 5) is 13.6. The van der Waals surface area contributed by atoms with Crippen LogP contribution in [0, 0.1) is 0 Å². The highest BCUT2D eigenvalue weighted by atomic mass is 35.5. The molecule has 0 fully saturated rings. The zero-order valence-corrected chi connectivity index (χ0v) is 12.6. The van der Waals surface area contributed by atoms with Crippen LogP contribution < -0.4 is 10.5 Å². The van der Waals surface area contributed by atoms with E-state index in [1.807, 2.05) is 31.2 Å². The second-order valence-corrected chi connectivity index (χ2v) is 4.40. The van der Waals surface area contributed by atoms with Gasteiger partial charge in [-0.1, -0.05) is 31.5 Å². The molecule has 19 heavy (non-hydrogen) atoms. The molecule has 0 saturated carbocycles. The van der Waals surface area contributed by atoms with Gasteiger partial charge in [0.25, 0.3) is 0 Å². The Hall–Kier alpha value is -1.26. The van der Waals surface area contributed by atoms with Crippen LogP contribution in [-0.2, 0) is 11.3 Å². The minimum absolute atomic E-state index is 0. The summed E-state index contributed by atoms with van der Waals surface area (Å²) in [5.74, 6) is 0.768. The van der Waals surface area contributed by atoms with Crippen molar-refractivity contribution in [3.63, 3.8) is 0 Å². The summed E-state index contributed by atoms with van der Waals surface area (Å²) in [7, 11) is 3.40. The molecule has 1 aromatic rings. The number of ether oxygens (including phenoxy) is 1. The number of likely N-dealkylation sites (N-methyl/N-ethyl adjacent to an activating group) is 1. The van der Waals surface area contributed by atoms with Gasteiger partial charge in [0.05, 0.1) is 13.2 Å². The molecule has 0 heterocycles. The number of hydrogen-bond donors (Lipinski definition) is 1. The van der Waals surface area contributed by atoms with Gasteiger partial charge in [-0.3, -0.25) is 4.79 Å². The predicted molar refractivity (Wildman–Crippen MR) is 79.6 cm³/mol. The fraction of sp³-hybridized carbons (Fsp3) is 0.500. The van der Waals surface area contributed by atoms with E-state index in [4.69, 9.17) is 10.5 Å². The summed E-state index contributed by atoms with van der Waals surface area (Å²) in [6.45, 7) is 2.54. The molecule has 4 nitrogen and oxygen atoms in total. The zero-order chi connectivity index (χ0) is 13.5. The first kappa shape index (κ1) is 17.7. The van der Waals surface area contributed by atoms with E-state index in [0.717, 1.165) is 24.2 Å².